The van der Waals surface area contributed by atoms with Crippen molar-refractivity contribution in [1.29, 1.82) is 0 Å². The van der Waals surface area contributed by atoms with Crippen LogP contribution in [-0.2, 0) is 24.6 Å². The van der Waals surface area contributed by atoms with Gasteiger partial charge in [0.15, 0.2) is 0 Å². The van der Waals surface area contributed by atoms with Crippen LogP contribution in [0.2, 0.25) is 0 Å². The lowest BCUT2D eigenvalue weighted by Crippen LogP contribution is -2.40. The lowest BCUT2D eigenvalue weighted by atomic mass is 10.1. The molecule has 3 heterocycles. The van der Waals surface area contributed by atoms with E-state index in [4.69, 9.17) is 9.15 Å². The van der Waals surface area contributed by atoms with Crippen LogP contribution < -0.4 is 0 Å². The molecule has 2 aromatic heterocycles. The fourth-order valence-electron chi connectivity index (χ4n) is 3.02. The van der Waals surface area contributed by atoms with Gasteiger partial charge in [0.05, 0.1) is 25.5 Å². The lowest BCUT2D eigenvalue weighted by molar-refractivity contribution is -0.0167. The van der Waals surface area contributed by atoms with Crippen LogP contribution >= 0.6 is 0 Å². The number of aryl methyl sites for hydroxylation is 3. The van der Waals surface area contributed by atoms with Crippen molar-refractivity contribution in [2.45, 2.75) is 32.2 Å². The molecule has 0 radical (unpaired) electrons. The second kappa shape index (κ2) is 7.11. The summed E-state index contributed by atoms with van der Waals surface area (Å²) in [6.07, 6.45) is 7.18. The van der Waals surface area contributed by atoms with Gasteiger partial charge < -0.3 is 9.15 Å². The van der Waals surface area contributed by atoms with E-state index in [0.29, 0.717) is 0 Å². The standard InChI is InChI=1S/C17H25N3O2/c1-3-15-6-7-17(22-15)16-13-21-10-9-20(16)8-4-5-14-11-18-19(2)12-14/h6-7,11-12,16H,3-5,8-10,13H2,1-2H3. The largest absolute Gasteiger partial charge is 0.464 e. The van der Waals surface area contributed by atoms with Crippen molar-refractivity contribution in [3.05, 3.63) is 41.6 Å². The summed E-state index contributed by atoms with van der Waals surface area (Å²) in [6.45, 7) is 5.69. The van der Waals surface area contributed by atoms with Crippen LogP contribution in [0.5, 0.6) is 0 Å². The third kappa shape index (κ3) is 3.59. The summed E-state index contributed by atoms with van der Waals surface area (Å²) < 4.78 is 13.5. The van der Waals surface area contributed by atoms with Crippen LogP contribution in [0.1, 0.15) is 36.5 Å². The Morgan fingerprint density at radius 1 is 1.36 bits per heavy atom. The molecule has 1 fully saturated rings. The maximum absolute atomic E-state index is 5.94. The molecule has 0 spiro atoms. The van der Waals surface area contributed by atoms with Crippen LogP contribution in [0.3, 0.4) is 0 Å². The molecular weight excluding hydrogens is 278 g/mol. The normalized spacial score (nSPS) is 19.6. The van der Waals surface area contributed by atoms with Gasteiger partial charge in [-0.25, -0.2) is 0 Å². The molecule has 0 N–H and O–H groups in total. The molecule has 22 heavy (non-hydrogen) atoms. The molecule has 1 aliphatic heterocycles. The molecule has 120 valence electrons. The Labute approximate surface area is 131 Å². The van der Waals surface area contributed by atoms with Gasteiger partial charge in [-0.3, -0.25) is 9.58 Å². The number of ether oxygens (including phenoxy) is 1. The number of hydrogen-bond donors (Lipinski definition) is 0. The predicted molar refractivity (Wildman–Crippen MR) is 84.7 cm³/mol. The summed E-state index contributed by atoms with van der Waals surface area (Å²) in [5.41, 5.74) is 1.30. The SMILES string of the molecule is CCc1ccc(C2COCCN2CCCc2cnn(C)c2)o1. The fraction of sp³-hybridized carbons (Fsp3) is 0.588. The van der Waals surface area contributed by atoms with Crippen molar-refractivity contribution < 1.29 is 9.15 Å². The Morgan fingerprint density at radius 3 is 3.00 bits per heavy atom. The molecule has 2 aromatic rings. The minimum absolute atomic E-state index is 0.253. The van der Waals surface area contributed by atoms with Crippen molar-refractivity contribution in [2.24, 2.45) is 7.05 Å². The van der Waals surface area contributed by atoms with E-state index in [1.807, 2.05) is 17.9 Å². The van der Waals surface area contributed by atoms with Crippen molar-refractivity contribution in [2.75, 3.05) is 26.3 Å². The predicted octanol–water partition coefficient (Wildman–Crippen LogP) is 2.58. The maximum Gasteiger partial charge on any atom is 0.123 e. The van der Waals surface area contributed by atoms with E-state index in [-0.39, 0.29) is 6.04 Å². The second-order valence-corrected chi connectivity index (χ2v) is 5.91. The maximum atomic E-state index is 5.94. The Morgan fingerprint density at radius 2 is 2.27 bits per heavy atom. The van der Waals surface area contributed by atoms with Crippen molar-refractivity contribution in [3.63, 3.8) is 0 Å². The van der Waals surface area contributed by atoms with Gasteiger partial charge in [-0.15, -0.1) is 0 Å². The van der Waals surface area contributed by atoms with Crippen LogP contribution in [0.4, 0.5) is 0 Å². The molecular formula is C17H25N3O2. The first kappa shape index (κ1) is 15.3. The third-order valence-corrected chi connectivity index (χ3v) is 4.27. The average molecular weight is 303 g/mol. The van der Waals surface area contributed by atoms with Gasteiger partial charge in [0, 0.05) is 26.2 Å². The van der Waals surface area contributed by atoms with E-state index in [9.17, 15) is 0 Å². The Balaban J connectivity index is 1.57. The second-order valence-electron chi connectivity index (χ2n) is 5.91. The number of nitrogens with zero attached hydrogens (tertiary/aromatic N) is 3. The molecule has 1 aliphatic rings. The Hall–Kier alpha value is -1.59. The first-order valence-electron chi connectivity index (χ1n) is 8.14. The zero-order valence-electron chi connectivity index (χ0n) is 13.5. The molecule has 0 aromatic carbocycles. The zero-order valence-corrected chi connectivity index (χ0v) is 13.5. The molecule has 0 bridgehead atoms. The van der Waals surface area contributed by atoms with Crippen LogP contribution in [0.15, 0.2) is 28.9 Å². The van der Waals surface area contributed by atoms with E-state index >= 15 is 0 Å². The van der Waals surface area contributed by atoms with E-state index in [2.05, 4.69) is 35.3 Å². The number of furan rings is 1. The van der Waals surface area contributed by atoms with Gasteiger partial charge >= 0.3 is 0 Å². The smallest absolute Gasteiger partial charge is 0.123 e. The minimum Gasteiger partial charge on any atom is -0.464 e. The van der Waals surface area contributed by atoms with E-state index in [0.717, 1.165) is 57.1 Å². The monoisotopic (exact) mass is 303 g/mol. The van der Waals surface area contributed by atoms with Crippen LogP contribution in [-0.4, -0.2) is 41.0 Å². The highest BCUT2D eigenvalue weighted by molar-refractivity contribution is 5.12. The highest BCUT2D eigenvalue weighted by Crippen LogP contribution is 2.26. The van der Waals surface area contributed by atoms with Gasteiger partial charge in [0.25, 0.3) is 0 Å². The van der Waals surface area contributed by atoms with Gasteiger partial charge in [0.2, 0.25) is 0 Å². The number of hydrogen-bond acceptors (Lipinski definition) is 4. The first-order chi connectivity index (χ1) is 10.8. The quantitative estimate of drug-likeness (QED) is 0.822. The summed E-state index contributed by atoms with van der Waals surface area (Å²) in [6, 6.07) is 4.44. The molecule has 1 saturated heterocycles. The Bertz CT molecular complexity index is 590. The fourth-order valence-corrected chi connectivity index (χ4v) is 3.02. The van der Waals surface area contributed by atoms with Gasteiger partial charge in [-0.2, -0.15) is 5.10 Å². The molecule has 5 nitrogen and oxygen atoms in total. The molecule has 3 rings (SSSR count). The summed E-state index contributed by atoms with van der Waals surface area (Å²) in [4.78, 5) is 2.48. The summed E-state index contributed by atoms with van der Waals surface area (Å²) in [5.74, 6) is 2.09. The van der Waals surface area contributed by atoms with Gasteiger partial charge in [-0.05, 0) is 37.1 Å². The Kier molecular flexibility index (Phi) is 4.95. The van der Waals surface area contributed by atoms with E-state index in [1.54, 1.807) is 0 Å². The molecule has 1 atom stereocenters. The molecule has 0 aliphatic carbocycles. The first-order valence-corrected chi connectivity index (χ1v) is 8.14. The van der Waals surface area contributed by atoms with Crippen molar-refractivity contribution in [1.82, 2.24) is 14.7 Å². The van der Waals surface area contributed by atoms with E-state index < -0.39 is 0 Å². The minimum atomic E-state index is 0.253. The highest BCUT2D eigenvalue weighted by Gasteiger charge is 2.26. The highest BCUT2D eigenvalue weighted by atomic mass is 16.5. The molecule has 0 saturated carbocycles. The van der Waals surface area contributed by atoms with Gasteiger partial charge in [0.1, 0.15) is 11.5 Å². The van der Waals surface area contributed by atoms with Crippen LogP contribution in [0.25, 0.3) is 0 Å². The van der Waals surface area contributed by atoms with Crippen LogP contribution in [0, 0.1) is 0 Å². The molecule has 1 unspecified atom stereocenters. The zero-order chi connectivity index (χ0) is 15.4. The lowest BCUT2D eigenvalue weighted by Gasteiger charge is -2.34. The summed E-state index contributed by atoms with van der Waals surface area (Å²) in [7, 11) is 1.96. The van der Waals surface area contributed by atoms with Crippen molar-refractivity contribution >= 4 is 0 Å². The number of morpholine rings is 1. The number of aromatic nitrogens is 2. The van der Waals surface area contributed by atoms with Gasteiger partial charge in [-0.1, -0.05) is 6.92 Å². The summed E-state index contributed by atoms with van der Waals surface area (Å²) >= 11 is 0. The average Bonchev–Trinajstić information content (AvgIpc) is 3.17. The third-order valence-electron chi connectivity index (χ3n) is 4.27. The molecule has 0 amide bonds. The topological polar surface area (TPSA) is 43.4 Å². The van der Waals surface area contributed by atoms with Crippen molar-refractivity contribution in [3.8, 4) is 0 Å². The van der Waals surface area contributed by atoms with E-state index in [1.165, 1.54) is 5.56 Å². The molecule has 5 heteroatoms. The number of rotatable bonds is 6. The summed E-state index contributed by atoms with van der Waals surface area (Å²) in [5, 5.41) is 4.22.